The lowest BCUT2D eigenvalue weighted by Gasteiger charge is -2.14. The van der Waals surface area contributed by atoms with Gasteiger partial charge in [-0.25, -0.2) is 0 Å². The molecule has 1 atom stereocenters. The van der Waals surface area contributed by atoms with Gasteiger partial charge in [-0.15, -0.1) is 11.3 Å². The van der Waals surface area contributed by atoms with Gasteiger partial charge in [0.05, 0.1) is 6.04 Å². The van der Waals surface area contributed by atoms with Gasteiger partial charge in [0.2, 0.25) is 5.91 Å². The van der Waals surface area contributed by atoms with Crippen LogP contribution in [0.4, 0.5) is 0 Å². The van der Waals surface area contributed by atoms with Crippen molar-refractivity contribution < 1.29 is 4.79 Å². The summed E-state index contributed by atoms with van der Waals surface area (Å²) in [5.74, 6) is 0.714. The van der Waals surface area contributed by atoms with Crippen LogP contribution in [0.15, 0.2) is 12.1 Å². The number of nitrogens with one attached hydrogen (secondary N) is 2. The fraction of sp³-hybridized carbons (Fsp3) is 0.643. The van der Waals surface area contributed by atoms with Crippen LogP contribution in [-0.2, 0) is 11.3 Å². The van der Waals surface area contributed by atoms with Crippen molar-refractivity contribution >= 4 is 17.2 Å². The van der Waals surface area contributed by atoms with Crippen LogP contribution < -0.4 is 10.6 Å². The van der Waals surface area contributed by atoms with Crippen molar-refractivity contribution in [1.82, 2.24) is 10.6 Å². The Hall–Kier alpha value is -0.870. The zero-order valence-electron chi connectivity index (χ0n) is 11.7. The van der Waals surface area contributed by atoms with E-state index in [1.54, 1.807) is 11.3 Å². The minimum Gasteiger partial charge on any atom is -0.355 e. The van der Waals surface area contributed by atoms with Gasteiger partial charge in [-0.2, -0.15) is 0 Å². The maximum Gasteiger partial charge on any atom is 0.236 e. The summed E-state index contributed by atoms with van der Waals surface area (Å²) in [6.45, 7) is 9.85. The molecule has 0 saturated heterocycles. The highest BCUT2D eigenvalue weighted by atomic mass is 32.1. The van der Waals surface area contributed by atoms with Gasteiger partial charge in [0.15, 0.2) is 0 Å². The van der Waals surface area contributed by atoms with Gasteiger partial charge in [0, 0.05) is 22.8 Å². The van der Waals surface area contributed by atoms with Gasteiger partial charge in [0.25, 0.3) is 0 Å². The highest BCUT2D eigenvalue weighted by Crippen LogP contribution is 2.14. The number of hydrogen-bond acceptors (Lipinski definition) is 3. The van der Waals surface area contributed by atoms with Crippen molar-refractivity contribution in [2.24, 2.45) is 5.92 Å². The van der Waals surface area contributed by atoms with Crippen molar-refractivity contribution in [3.63, 3.8) is 0 Å². The normalized spacial score (nSPS) is 12.7. The van der Waals surface area contributed by atoms with E-state index in [-0.39, 0.29) is 11.9 Å². The molecular weight excluding hydrogens is 244 g/mol. The number of thiophene rings is 1. The zero-order valence-corrected chi connectivity index (χ0v) is 12.6. The molecule has 102 valence electrons. The maximum atomic E-state index is 11.8. The Morgan fingerprint density at radius 1 is 1.33 bits per heavy atom. The third-order valence-electron chi connectivity index (χ3n) is 2.79. The number of amides is 1. The van der Waals surface area contributed by atoms with Gasteiger partial charge in [-0.1, -0.05) is 13.8 Å². The van der Waals surface area contributed by atoms with Crippen LogP contribution in [0, 0.1) is 12.8 Å². The van der Waals surface area contributed by atoms with Gasteiger partial charge in [0.1, 0.15) is 0 Å². The first-order valence-electron chi connectivity index (χ1n) is 6.55. The lowest BCUT2D eigenvalue weighted by atomic mass is 10.1. The smallest absolute Gasteiger partial charge is 0.236 e. The molecular formula is C14H24N2OS. The molecule has 4 heteroatoms. The summed E-state index contributed by atoms with van der Waals surface area (Å²) in [4.78, 5) is 14.4. The lowest BCUT2D eigenvalue weighted by Crippen LogP contribution is -2.42. The predicted octanol–water partition coefficient (Wildman–Crippen LogP) is 2.70. The molecule has 0 spiro atoms. The maximum absolute atomic E-state index is 11.8. The summed E-state index contributed by atoms with van der Waals surface area (Å²) in [6.07, 6.45) is 1.03. The number of carbonyl (C=O) groups excluding carboxylic acids is 1. The van der Waals surface area contributed by atoms with Crippen molar-refractivity contribution in [2.45, 2.75) is 46.7 Å². The van der Waals surface area contributed by atoms with Crippen LogP contribution in [-0.4, -0.2) is 18.5 Å². The number of hydrogen-bond donors (Lipinski definition) is 2. The van der Waals surface area contributed by atoms with E-state index >= 15 is 0 Å². The summed E-state index contributed by atoms with van der Waals surface area (Å²) < 4.78 is 0. The van der Waals surface area contributed by atoms with Crippen molar-refractivity contribution in [1.29, 1.82) is 0 Å². The second-order valence-corrected chi connectivity index (χ2v) is 6.46. The third kappa shape index (κ3) is 5.65. The van der Waals surface area contributed by atoms with Crippen molar-refractivity contribution in [3.05, 3.63) is 21.9 Å². The van der Waals surface area contributed by atoms with Crippen LogP contribution in [0.3, 0.4) is 0 Å². The Labute approximate surface area is 114 Å². The Bertz CT molecular complexity index is 374. The van der Waals surface area contributed by atoms with Gasteiger partial charge < -0.3 is 10.6 Å². The second-order valence-electron chi connectivity index (χ2n) is 5.09. The molecule has 18 heavy (non-hydrogen) atoms. The first-order valence-corrected chi connectivity index (χ1v) is 7.37. The van der Waals surface area contributed by atoms with Gasteiger partial charge >= 0.3 is 0 Å². The van der Waals surface area contributed by atoms with Gasteiger partial charge in [-0.05, 0) is 38.3 Å². The molecule has 1 aromatic heterocycles. The highest BCUT2D eigenvalue weighted by Gasteiger charge is 2.11. The summed E-state index contributed by atoms with van der Waals surface area (Å²) >= 11 is 1.77. The van der Waals surface area contributed by atoms with E-state index in [0.29, 0.717) is 5.92 Å². The first-order chi connectivity index (χ1) is 8.49. The van der Waals surface area contributed by atoms with Crippen LogP contribution in [0.1, 0.15) is 36.9 Å². The molecule has 1 unspecified atom stereocenters. The first kappa shape index (κ1) is 15.2. The Morgan fingerprint density at radius 3 is 2.61 bits per heavy atom. The average Bonchev–Trinajstić information content (AvgIpc) is 2.71. The van der Waals surface area contributed by atoms with Crippen LogP contribution in [0.25, 0.3) is 0 Å². The molecule has 2 N–H and O–H groups in total. The molecule has 0 aliphatic heterocycles. The van der Waals surface area contributed by atoms with Crippen molar-refractivity contribution in [2.75, 3.05) is 6.54 Å². The Morgan fingerprint density at radius 2 is 2.06 bits per heavy atom. The van der Waals surface area contributed by atoms with Gasteiger partial charge in [-0.3, -0.25) is 4.79 Å². The minimum atomic E-state index is -0.139. The Balaban J connectivity index is 2.23. The van der Waals surface area contributed by atoms with Crippen LogP contribution in [0.2, 0.25) is 0 Å². The summed E-state index contributed by atoms with van der Waals surface area (Å²) in [5, 5.41) is 6.21. The Kier molecular flexibility index (Phi) is 6.36. The van der Waals surface area contributed by atoms with Crippen molar-refractivity contribution in [3.8, 4) is 0 Å². The molecule has 0 radical (unpaired) electrons. The fourth-order valence-electron chi connectivity index (χ4n) is 1.56. The summed E-state index contributed by atoms with van der Waals surface area (Å²) in [5.41, 5.74) is 0. The molecule has 0 fully saturated rings. The SMILES string of the molecule is Cc1ccc(CNC(C)C(=O)NCCC(C)C)s1. The number of carbonyl (C=O) groups is 1. The molecule has 3 nitrogen and oxygen atoms in total. The molecule has 1 rings (SSSR count). The van der Waals surface area contributed by atoms with E-state index in [2.05, 4.69) is 43.5 Å². The quantitative estimate of drug-likeness (QED) is 0.798. The van der Waals surface area contributed by atoms with E-state index in [9.17, 15) is 4.79 Å². The summed E-state index contributed by atoms with van der Waals surface area (Å²) in [6, 6.07) is 4.07. The standard InChI is InChI=1S/C14H24N2OS/c1-10(2)7-8-15-14(17)12(4)16-9-13-6-5-11(3)18-13/h5-6,10,12,16H,7-9H2,1-4H3,(H,15,17). The molecule has 1 amide bonds. The molecule has 1 aromatic rings. The van der Waals surface area contributed by atoms with Crippen LogP contribution >= 0.6 is 11.3 Å². The number of rotatable bonds is 7. The molecule has 0 aromatic carbocycles. The van der Waals surface area contributed by atoms with E-state index in [4.69, 9.17) is 0 Å². The van der Waals surface area contributed by atoms with Crippen LogP contribution in [0.5, 0.6) is 0 Å². The third-order valence-corrected chi connectivity index (χ3v) is 3.79. The van der Waals surface area contributed by atoms with E-state index in [0.717, 1.165) is 19.5 Å². The second kappa shape index (κ2) is 7.54. The molecule has 0 aliphatic carbocycles. The highest BCUT2D eigenvalue weighted by molar-refractivity contribution is 7.11. The largest absolute Gasteiger partial charge is 0.355 e. The topological polar surface area (TPSA) is 41.1 Å². The summed E-state index contributed by atoms with van der Waals surface area (Å²) in [7, 11) is 0. The zero-order chi connectivity index (χ0) is 13.5. The molecule has 0 bridgehead atoms. The van der Waals surface area contributed by atoms with E-state index in [1.807, 2.05) is 6.92 Å². The average molecular weight is 268 g/mol. The molecule has 0 aliphatic rings. The predicted molar refractivity (Wildman–Crippen MR) is 77.8 cm³/mol. The van der Waals surface area contributed by atoms with E-state index in [1.165, 1.54) is 9.75 Å². The molecule has 0 saturated carbocycles. The van der Waals surface area contributed by atoms with E-state index < -0.39 is 0 Å². The number of aryl methyl sites for hydroxylation is 1. The molecule has 1 heterocycles. The fourth-order valence-corrected chi connectivity index (χ4v) is 2.40. The lowest BCUT2D eigenvalue weighted by molar-refractivity contribution is -0.122. The minimum absolute atomic E-state index is 0.0870. The monoisotopic (exact) mass is 268 g/mol.